The molecule has 0 radical (unpaired) electrons. The second-order valence-electron chi connectivity index (χ2n) is 6.02. The summed E-state index contributed by atoms with van der Waals surface area (Å²) in [6, 6.07) is 19.7. The largest absolute Gasteiger partial charge is 0.494 e. The lowest BCUT2D eigenvalue weighted by atomic mass is 10.2. The molecular formula is C21H19N3O2S. The second kappa shape index (κ2) is 7.63. The second-order valence-corrected chi connectivity index (χ2v) is 7.05. The lowest BCUT2D eigenvalue weighted by Crippen LogP contribution is -2.13. The Hall–Kier alpha value is -3.12. The van der Waals surface area contributed by atoms with E-state index in [1.807, 2.05) is 67.6 Å². The van der Waals surface area contributed by atoms with Gasteiger partial charge in [-0.3, -0.25) is 4.79 Å². The van der Waals surface area contributed by atoms with Gasteiger partial charge in [-0.05, 0) is 42.8 Å². The van der Waals surface area contributed by atoms with Crippen molar-refractivity contribution in [1.29, 1.82) is 0 Å². The quantitative estimate of drug-likeness (QED) is 0.513. The standard InChI is InChI=1S/C21H19N3O2S/c1-2-26-16-10-8-15(9-11-16)22-13-19-23-20(25)17-12-18(27-21(17)24-19)14-6-4-3-5-7-14/h3-12,22H,2,13H2,1H3,(H,23,24,25). The van der Waals surface area contributed by atoms with Gasteiger partial charge in [-0.25, -0.2) is 4.98 Å². The molecule has 4 aromatic rings. The Morgan fingerprint density at radius 3 is 2.63 bits per heavy atom. The van der Waals surface area contributed by atoms with Crippen molar-refractivity contribution < 1.29 is 4.74 Å². The summed E-state index contributed by atoms with van der Waals surface area (Å²) in [4.78, 5) is 21.7. The van der Waals surface area contributed by atoms with E-state index in [2.05, 4.69) is 15.3 Å². The number of rotatable bonds is 6. The lowest BCUT2D eigenvalue weighted by molar-refractivity contribution is 0.340. The number of hydrogen-bond donors (Lipinski definition) is 2. The summed E-state index contributed by atoms with van der Waals surface area (Å²) >= 11 is 1.53. The van der Waals surface area contributed by atoms with Crippen LogP contribution in [0.5, 0.6) is 5.75 Å². The third kappa shape index (κ3) is 3.85. The monoisotopic (exact) mass is 377 g/mol. The Morgan fingerprint density at radius 1 is 1.11 bits per heavy atom. The van der Waals surface area contributed by atoms with Crippen molar-refractivity contribution >= 4 is 27.2 Å². The number of nitrogens with one attached hydrogen (secondary N) is 2. The topological polar surface area (TPSA) is 67.0 Å². The van der Waals surface area contributed by atoms with Gasteiger partial charge in [-0.15, -0.1) is 11.3 Å². The van der Waals surface area contributed by atoms with Gasteiger partial charge in [0.1, 0.15) is 16.4 Å². The van der Waals surface area contributed by atoms with Crippen molar-refractivity contribution in [3.8, 4) is 16.2 Å². The number of ether oxygens (including phenoxy) is 1. The van der Waals surface area contributed by atoms with Gasteiger partial charge in [0, 0.05) is 10.6 Å². The normalized spacial score (nSPS) is 10.9. The van der Waals surface area contributed by atoms with E-state index in [0.29, 0.717) is 24.4 Å². The summed E-state index contributed by atoms with van der Waals surface area (Å²) in [5.74, 6) is 1.45. The molecule has 0 aliphatic heterocycles. The van der Waals surface area contributed by atoms with E-state index in [1.165, 1.54) is 11.3 Å². The van der Waals surface area contributed by atoms with Crippen molar-refractivity contribution in [3.05, 3.63) is 76.8 Å². The molecule has 6 heteroatoms. The molecule has 27 heavy (non-hydrogen) atoms. The highest BCUT2D eigenvalue weighted by Gasteiger charge is 2.10. The number of H-pyrrole nitrogens is 1. The van der Waals surface area contributed by atoms with Crippen LogP contribution in [0.4, 0.5) is 5.69 Å². The fraction of sp³-hybridized carbons (Fsp3) is 0.143. The first-order chi connectivity index (χ1) is 13.2. The first-order valence-corrected chi connectivity index (χ1v) is 9.59. The van der Waals surface area contributed by atoms with Gasteiger partial charge in [0.2, 0.25) is 0 Å². The summed E-state index contributed by atoms with van der Waals surface area (Å²) in [6.07, 6.45) is 0. The van der Waals surface area contributed by atoms with Crippen LogP contribution >= 0.6 is 11.3 Å². The molecule has 0 fully saturated rings. The molecule has 5 nitrogen and oxygen atoms in total. The minimum atomic E-state index is -0.109. The van der Waals surface area contributed by atoms with Crippen LogP contribution in [0.25, 0.3) is 20.7 Å². The molecule has 0 amide bonds. The highest BCUT2D eigenvalue weighted by Crippen LogP contribution is 2.30. The van der Waals surface area contributed by atoms with Crippen LogP contribution in [-0.4, -0.2) is 16.6 Å². The molecule has 2 aromatic heterocycles. The molecule has 0 saturated carbocycles. The summed E-state index contributed by atoms with van der Waals surface area (Å²) < 4.78 is 5.44. The molecule has 0 spiro atoms. The third-order valence-corrected chi connectivity index (χ3v) is 5.21. The number of nitrogens with zero attached hydrogens (tertiary/aromatic N) is 1. The maximum Gasteiger partial charge on any atom is 0.259 e. The van der Waals surface area contributed by atoms with Crippen molar-refractivity contribution in [3.63, 3.8) is 0 Å². The van der Waals surface area contributed by atoms with Crippen LogP contribution in [-0.2, 0) is 6.54 Å². The van der Waals surface area contributed by atoms with Crippen LogP contribution in [0.2, 0.25) is 0 Å². The Kier molecular flexibility index (Phi) is 4.89. The molecule has 2 heterocycles. The molecule has 2 N–H and O–H groups in total. The minimum Gasteiger partial charge on any atom is -0.494 e. The number of fused-ring (bicyclic) bond motifs is 1. The zero-order valence-corrected chi connectivity index (χ0v) is 15.7. The first-order valence-electron chi connectivity index (χ1n) is 8.78. The van der Waals surface area contributed by atoms with Crippen LogP contribution in [0.1, 0.15) is 12.7 Å². The van der Waals surface area contributed by atoms with E-state index in [9.17, 15) is 4.79 Å². The van der Waals surface area contributed by atoms with Crippen molar-refractivity contribution in [2.75, 3.05) is 11.9 Å². The van der Waals surface area contributed by atoms with E-state index in [-0.39, 0.29) is 5.56 Å². The predicted octanol–water partition coefficient (Wildman–Crippen LogP) is 4.66. The molecule has 4 rings (SSSR count). The summed E-state index contributed by atoms with van der Waals surface area (Å²) in [7, 11) is 0. The average Bonchev–Trinajstić information content (AvgIpc) is 3.13. The van der Waals surface area contributed by atoms with Crippen molar-refractivity contribution in [2.45, 2.75) is 13.5 Å². The van der Waals surface area contributed by atoms with Gasteiger partial charge in [-0.1, -0.05) is 30.3 Å². The van der Waals surface area contributed by atoms with Gasteiger partial charge in [0.25, 0.3) is 5.56 Å². The number of anilines is 1. The van der Waals surface area contributed by atoms with Crippen molar-refractivity contribution in [1.82, 2.24) is 9.97 Å². The summed E-state index contributed by atoms with van der Waals surface area (Å²) in [5.41, 5.74) is 1.92. The minimum absolute atomic E-state index is 0.109. The van der Waals surface area contributed by atoms with Crippen LogP contribution in [0.15, 0.2) is 65.5 Å². The van der Waals surface area contributed by atoms with Crippen LogP contribution < -0.4 is 15.6 Å². The van der Waals surface area contributed by atoms with Gasteiger partial charge >= 0.3 is 0 Å². The maximum atomic E-state index is 12.4. The Morgan fingerprint density at radius 2 is 1.89 bits per heavy atom. The van der Waals surface area contributed by atoms with Crippen LogP contribution in [0.3, 0.4) is 0 Å². The van der Waals surface area contributed by atoms with E-state index >= 15 is 0 Å². The predicted molar refractivity (Wildman–Crippen MR) is 111 cm³/mol. The molecule has 136 valence electrons. The van der Waals surface area contributed by atoms with E-state index in [1.54, 1.807) is 0 Å². The highest BCUT2D eigenvalue weighted by molar-refractivity contribution is 7.21. The van der Waals surface area contributed by atoms with Gasteiger partial charge in [-0.2, -0.15) is 0 Å². The van der Waals surface area contributed by atoms with E-state index < -0.39 is 0 Å². The molecule has 2 aromatic carbocycles. The number of aromatic nitrogens is 2. The third-order valence-electron chi connectivity index (χ3n) is 4.14. The maximum absolute atomic E-state index is 12.4. The van der Waals surface area contributed by atoms with Crippen molar-refractivity contribution in [2.24, 2.45) is 0 Å². The fourth-order valence-corrected chi connectivity index (χ4v) is 3.88. The Labute approximate surface area is 160 Å². The number of aromatic amines is 1. The molecule has 0 atom stereocenters. The van der Waals surface area contributed by atoms with Gasteiger partial charge in [0.15, 0.2) is 0 Å². The Bertz CT molecular complexity index is 1100. The van der Waals surface area contributed by atoms with Crippen LogP contribution in [0, 0.1) is 0 Å². The van der Waals surface area contributed by atoms with Gasteiger partial charge in [0.05, 0.1) is 18.5 Å². The SMILES string of the molecule is CCOc1ccc(NCc2nc3sc(-c4ccccc4)cc3c(=O)[nH]2)cc1. The molecular weight excluding hydrogens is 358 g/mol. The van der Waals surface area contributed by atoms with Gasteiger partial charge < -0.3 is 15.0 Å². The lowest BCUT2D eigenvalue weighted by Gasteiger charge is -2.07. The van der Waals surface area contributed by atoms with E-state index in [0.717, 1.165) is 26.7 Å². The summed E-state index contributed by atoms with van der Waals surface area (Å²) in [6.45, 7) is 3.04. The molecule has 0 bridgehead atoms. The molecule has 0 aliphatic rings. The highest BCUT2D eigenvalue weighted by atomic mass is 32.1. The fourth-order valence-electron chi connectivity index (χ4n) is 2.83. The zero-order valence-electron chi connectivity index (χ0n) is 14.9. The molecule has 0 unspecified atom stereocenters. The molecule has 0 saturated heterocycles. The zero-order chi connectivity index (χ0) is 18.6. The Balaban J connectivity index is 1.55. The summed E-state index contributed by atoms with van der Waals surface area (Å²) in [5, 5.41) is 3.91. The molecule has 0 aliphatic carbocycles. The smallest absolute Gasteiger partial charge is 0.259 e. The number of benzene rings is 2. The number of hydrogen-bond acceptors (Lipinski definition) is 5. The first kappa shape index (κ1) is 17.3. The number of thiophene rings is 1. The van der Waals surface area contributed by atoms with E-state index in [4.69, 9.17) is 4.74 Å². The average molecular weight is 377 g/mol.